The number of hydrogen-bond acceptors (Lipinski definition) is 6. The van der Waals surface area contributed by atoms with Crippen LogP contribution in [0.25, 0.3) is 0 Å². The van der Waals surface area contributed by atoms with Crippen LogP contribution < -0.4 is 19.5 Å². The van der Waals surface area contributed by atoms with Gasteiger partial charge in [-0.2, -0.15) is 4.31 Å². The highest BCUT2D eigenvalue weighted by Crippen LogP contribution is 2.28. The van der Waals surface area contributed by atoms with Crippen molar-refractivity contribution >= 4 is 15.9 Å². The minimum absolute atomic E-state index is 0.105. The molecule has 1 N–H and O–H groups in total. The summed E-state index contributed by atoms with van der Waals surface area (Å²) in [6.07, 6.45) is 0.461. The van der Waals surface area contributed by atoms with E-state index in [0.717, 1.165) is 5.56 Å². The zero-order chi connectivity index (χ0) is 26.1. The molecule has 3 aromatic rings. The Labute approximate surface area is 212 Å². The van der Waals surface area contributed by atoms with Gasteiger partial charge in [0.1, 0.15) is 17.2 Å². The van der Waals surface area contributed by atoms with Gasteiger partial charge in [-0.3, -0.25) is 4.79 Å². The maximum absolute atomic E-state index is 13.6. The fraction of sp³-hybridized carbons (Fsp3) is 0.296. The lowest BCUT2D eigenvalue weighted by Gasteiger charge is -2.23. The first-order chi connectivity index (χ1) is 17.3. The van der Waals surface area contributed by atoms with Crippen molar-refractivity contribution in [1.82, 2.24) is 9.62 Å². The first-order valence-corrected chi connectivity index (χ1v) is 12.9. The lowest BCUT2D eigenvalue weighted by atomic mass is 10.1. The lowest BCUT2D eigenvalue weighted by molar-refractivity contribution is -0.121. The second-order valence-corrected chi connectivity index (χ2v) is 10.1. The molecule has 1 amide bonds. The predicted molar refractivity (Wildman–Crippen MR) is 138 cm³/mol. The Morgan fingerprint density at radius 3 is 2.08 bits per heavy atom. The number of sulfonamides is 1. The summed E-state index contributed by atoms with van der Waals surface area (Å²) in [5.41, 5.74) is 2.33. The van der Waals surface area contributed by atoms with E-state index in [9.17, 15) is 13.2 Å². The van der Waals surface area contributed by atoms with Gasteiger partial charge in [0.2, 0.25) is 15.9 Å². The maximum Gasteiger partial charge on any atom is 0.243 e. The minimum Gasteiger partial charge on any atom is -0.496 e. The monoisotopic (exact) mass is 512 g/mol. The van der Waals surface area contributed by atoms with Crippen molar-refractivity contribution in [3.63, 3.8) is 0 Å². The van der Waals surface area contributed by atoms with Gasteiger partial charge in [0.25, 0.3) is 0 Å². The number of nitrogens with one attached hydrogen (secondary N) is 1. The van der Waals surface area contributed by atoms with E-state index in [4.69, 9.17) is 14.2 Å². The molecular formula is C27H32N2O6S. The standard InChI is InChI=1S/C27H32N2O6S/c1-20-17-22(13-14-24(20)33-2)36(31,32)29(16-15-21-9-6-5-7-10-21)19-27(30)28-18-23-25(34-3)11-8-12-26(23)35-4/h5-14,17H,15-16,18-19H2,1-4H3,(H,28,30). The highest BCUT2D eigenvalue weighted by molar-refractivity contribution is 7.89. The number of carbonyl (C=O) groups is 1. The number of methoxy groups -OCH3 is 3. The van der Waals surface area contributed by atoms with Crippen LogP contribution in [0, 0.1) is 6.92 Å². The highest BCUT2D eigenvalue weighted by Gasteiger charge is 2.27. The van der Waals surface area contributed by atoms with Gasteiger partial charge in [-0.1, -0.05) is 36.4 Å². The summed E-state index contributed by atoms with van der Waals surface area (Å²) in [5, 5.41) is 2.81. The number of carbonyl (C=O) groups excluding carboxylic acids is 1. The van der Waals surface area contributed by atoms with Gasteiger partial charge in [-0.05, 0) is 54.8 Å². The normalized spacial score (nSPS) is 11.2. The summed E-state index contributed by atoms with van der Waals surface area (Å²) < 4.78 is 44.4. The smallest absolute Gasteiger partial charge is 0.243 e. The molecule has 3 aromatic carbocycles. The van der Waals surface area contributed by atoms with E-state index in [-0.39, 0.29) is 24.5 Å². The van der Waals surface area contributed by atoms with Crippen LogP contribution in [0.1, 0.15) is 16.7 Å². The first kappa shape index (κ1) is 27.0. The molecule has 0 aliphatic heterocycles. The number of ether oxygens (including phenoxy) is 3. The second kappa shape index (κ2) is 12.4. The van der Waals surface area contributed by atoms with Crippen molar-refractivity contribution in [2.45, 2.75) is 24.8 Å². The van der Waals surface area contributed by atoms with Gasteiger partial charge in [-0.15, -0.1) is 0 Å². The first-order valence-electron chi connectivity index (χ1n) is 11.5. The molecule has 0 fully saturated rings. The highest BCUT2D eigenvalue weighted by atomic mass is 32.2. The Morgan fingerprint density at radius 1 is 0.861 bits per heavy atom. The molecule has 0 saturated heterocycles. The predicted octanol–water partition coefficient (Wildman–Crippen LogP) is 3.57. The van der Waals surface area contributed by atoms with Gasteiger partial charge in [0, 0.05) is 6.54 Å². The number of aryl methyl sites for hydroxylation is 1. The van der Waals surface area contributed by atoms with Crippen molar-refractivity contribution in [3.05, 3.63) is 83.4 Å². The zero-order valence-corrected chi connectivity index (χ0v) is 21.8. The fourth-order valence-electron chi connectivity index (χ4n) is 3.85. The molecule has 0 aromatic heterocycles. The molecule has 0 unspecified atom stereocenters. The Balaban J connectivity index is 1.82. The van der Waals surface area contributed by atoms with E-state index in [1.54, 1.807) is 37.3 Å². The zero-order valence-electron chi connectivity index (χ0n) is 21.0. The molecule has 192 valence electrons. The number of hydrogen-bond donors (Lipinski definition) is 1. The van der Waals surface area contributed by atoms with Crippen LogP contribution in [0.4, 0.5) is 0 Å². The van der Waals surface area contributed by atoms with E-state index in [1.807, 2.05) is 30.3 Å². The van der Waals surface area contributed by atoms with Crippen molar-refractivity contribution in [3.8, 4) is 17.2 Å². The Morgan fingerprint density at radius 2 is 1.50 bits per heavy atom. The molecular weight excluding hydrogens is 480 g/mol. The molecule has 36 heavy (non-hydrogen) atoms. The van der Waals surface area contributed by atoms with Gasteiger partial charge in [0.05, 0.1) is 44.9 Å². The van der Waals surface area contributed by atoms with E-state index in [2.05, 4.69) is 5.32 Å². The van der Waals surface area contributed by atoms with Crippen molar-refractivity contribution < 1.29 is 27.4 Å². The number of nitrogens with zero attached hydrogens (tertiary/aromatic N) is 1. The minimum atomic E-state index is -3.95. The molecule has 0 aliphatic rings. The van der Waals surface area contributed by atoms with Crippen molar-refractivity contribution in [2.75, 3.05) is 34.4 Å². The average Bonchev–Trinajstić information content (AvgIpc) is 2.89. The van der Waals surface area contributed by atoms with Crippen LogP contribution in [0.5, 0.6) is 17.2 Å². The molecule has 0 atom stereocenters. The van der Waals surface area contributed by atoms with Gasteiger partial charge < -0.3 is 19.5 Å². The molecule has 0 heterocycles. The van der Waals surface area contributed by atoms with Crippen LogP contribution in [0.2, 0.25) is 0 Å². The molecule has 0 saturated carbocycles. The van der Waals surface area contributed by atoms with E-state index in [0.29, 0.717) is 34.8 Å². The van der Waals surface area contributed by atoms with Crippen LogP contribution in [-0.4, -0.2) is 53.0 Å². The number of benzene rings is 3. The Hall–Kier alpha value is -3.56. The topological polar surface area (TPSA) is 94.2 Å². The van der Waals surface area contributed by atoms with Crippen molar-refractivity contribution in [2.24, 2.45) is 0 Å². The number of rotatable bonds is 12. The second-order valence-electron chi connectivity index (χ2n) is 8.12. The van der Waals surface area contributed by atoms with Gasteiger partial charge in [-0.25, -0.2) is 8.42 Å². The SMILES string of the molecule is COc1ccc(S(=O)(=O)N(CCc2ccccc2)CC(=O)NCc2c(OC)cccc2OC)cc1C. The summed E-state index contributed by atoms with van der Waals surface area (Å²) >= 11 is 0. The molecule has 0 radical (unpaired) electrons. The molecule has 0 spiro atoms. The molecule has 3 rings (SSSR count). The third kappa shape index (κ3) is 6.56. The van der Waals surface area contributed by atoms with Crippen LogP contribution in [-0.2, 0) is 27.8 Å². The quantitative estimate of drug-likeness (QED) is 0.399. The number of amides is 1. The van der Waals surface area contributed by atoms with Gasteiger partial charge in [0.15, 0.2) is 0 Å². The molecule has 0 bridgehead atoms. The average molecular weight is 513 g/mol. The van der Waals surface area contributed by atoms with Crippen LogP contribution in [0.15, 0.2) is 71.6 Å². The van der Waals surface area contributed by atoms with Crippen molar-refractivity contribution in [1.29, 1.82) is 0 Å². The summed E-state index contributed by atoms with van der Waals surface area (Å²) in [6.45, 7) is 1.71. The molecule has 0 aliphatic carbocycles. The molecule has 9 heteroatoms. The lowest BCUT2D eigenvalue weighted by Crippen LogP contribution is -2.41. The summed E-state index contributed by atoms with van der Waals surface area (Å²) in [5.74, 6) is 1.28. The van der Waals surface area contributed by atoms with Crippen LogP contribution in [0.3, 0.4) is 0 Å². The largest absolute Gasteiger partial charge is 0.496 e. The maximum atomic E-state index is 13.6. The third-order valence-corrected chi connectivity index (χ3v) is 7.65. The fourth-order valence-corrected chi connectivity index (χ4v) is 5.33. The summed E-state index contributed by atoms with van der Waals surface area (Å²) in [4.78, 5) is 13.1. The van der Waals surface area contributed by atoms with Gasteiger partial charge >= 0.3 is 0 Å². The summed E-state index contributed by atoms with van der Waals surface area (Å²) in [7, 11) is 0.650. The summed E-state index contributed by atoms with van der Waals surface area (Å²) in [6, 6.07) is 19.5. The molecule has 8 nitrogen and oxygen atoms in total. The van der Waals surface area contributed by atoms with Crippen LogP contribution >= 0.6 is 0 Å². The third-order valence-electron chi connectivity index (χ3n) is 5.81. The van der Waals surface area contributed by atoms with E-state index >= 15 is 0 Å². The van der Waals surface area contributed by atoms with E-state index < -0.39 is 15.9 Å². The Bertz CT molecular complexity index is 1260. The Kier molecular flexibility index (Phi) is 9.32. The van der Waals surface area contributed by atoms with E-state index in [1.165, 1.54) is 31.7 Å².